The number of primary amides is 1. The van der Waals surface area contributed by atoms with Gasteiger partial charge >= 0.3 is 6.03 Å². The van der Waals surface area contributed by atoms with Crippen LogP contribution in [0.1, 0.15) is 32.4 Å². The lowest BCUT2D eigenvalue weighted by atomic mass is 10.2. The van der Waals surface area contributed by atoms with Gasteiger partial charge in [-0.1, -0.05) is 11.3 Å². The number of nitrogens with two attached hydrogens (primary N) is 1. The molecule has 3 rings (SSSR count). The van der Waals surface area contributed by atoms with Gasteiger partial charge in [0.05, 0.1) is 23.0 Å². The monoisotopic (exact) mass is 403 g/mol. The van der Waals surface area contributed by atoms with E-state index in [9.17, 15) is 9.59 Å². The highest BCUT2D eigenvalue weighted by Gasteiger charge is 2.33. The lowest BCUT2D eigenvalue weighted by molar-refractivity contribution is -0.121. The standard InChI is InChI=1S/C18H25N7O2S/c1-4-24(5-2)14-10-20-9-12(22-14)15-11(3)21-17(28-15)23-18(27)25-8-6-7-13(25)16(19)26/h9-10,13H,4-8H2,1-3H3,(H2,19,26)(H,21,23,27). The van der Waals surface area contributed by atoms with Gasteiger partial charge < -0.3 is 15.5 Å². The van der Waals surface area contributed by atoms with Crippen molar-refractivity contribution in [3.8, 4) is 10.6 Å². The van der Waals surface area contributed by atoms with Crippen molar-refractivity contribution in [2.75, 3.05) is 29.9 Å². The molecular weight excluding hydrogens is 378 g/mol. The topological polar surface area (TPSA) is 117 Å². The van der Waals surface area contributed by atoms with E-state index in [1.54, 1.807) is 12.4 Å². The minimum absolute atomic E-state index is 0.357. The van der Waals surface area contributed by atoms with E-state index in [0.29, 0.717) is 18.1 Å². The summed E-state index contributed by atoms with van der Waals surface area (Å²) >= 11 is 1.34. The van der Waals surface area contributed by atoms with E-state index in [-0.39, 0.29) is 6.03 Å². The molecule has 1 saturated heterocycles. The minimum Gasteiger partial charge on any atom is -0.368 e. The largest absolute Gasteiger partial charge is 0.368 e. The highest BCUT2D eigenvalue weighted by atomic mass is 32.1. The number of carbonyl (C=O) groups excluding carboxylic acids is 2. The first kappa shape index (κ1) is 20.0. The van der Waals surface area contributed by atoms with Gasteiger partial charge in [-0.3, -0.25) is 15.1 Å². The van der Waals surface area contributed by atoms with Crippen molar-refractivity contribution in [1.82, 2.24) is 19.9 Å². The maximum Gasteiger partial charge on any atom is 0.324 e. The molecule has 3 N–H and O–H groups in total. The van der Waals surface area contributed by atoms with Crippen molar-refractivity contribution in [2.45, 2.75) is 39.7 Å². The Labute approximate surface area is 168 Å². The number of aromatic nitrogens is 3. The van der Waals surface area contributed by atoms with Gasteiger partial charge in [-0.2, -0.15) is 0 Å². The van der Waals surface area contributed by atoms with Crippen LogP contribution in [0, 0.1) is 6.92 Å². The number of carbonyl (C=O) groups is 2. The number of hydrogen-bond acceptors (Lipinski definition) is 7. The molecule has 0 aromatic carbocycles. The van der Waals surface area contributed by atoms with Crippen LogP contribution in [-0.2, 0) is 4.79 Å². The number of amides is 3. The first-order valence-corrected chi connectivity index (χ1v) is 10.2. The zero-order chi connectivity index (χ0) is 20.3. The number of hydrogen-bond donors (Lipinski definition) is 2. The third-order valence-electron chi connectivity index (χ3n) is 4.79. The molecule has 1 aliphatic rings. The number of rotatable bonds is 6. The third-order valence-corrected chi connectivity index (χ3v) is 5.89. The summed E-state index contributed by atoms with van der Waals surface area (Å²) in [7, 11) is 0. The van der Waals surface area contributed by atoms with Crippen LogP contribution < -0.4 is 16.0 Å². The van der Waals surface area contributed by atoms with Gasteiger partial charge in [0, 0.05) is 19.6 Å². The lowest BCUT2D eigenvalue weighted by Crippen LogP contribution is -2.45. The normalized spacial score (nSPS) is 16.2. The van der Waals surface area contributed by atoms with Gasteiger partial charge in [0.1, 0.15) is 17.6 Å². The molecule has 1 unspecified atom stereocenters. The predicted molar refractivity (Wildman–Crippen MR) is 109 cm³/mol. The van der Waals surface area contributed by atoms with Crippen LogP contribution in [0.2, 0.25) is 0 Å². The Morgan fingerprint density at radius 3 is 2.75 bits per heavy atom. The SMILES string of the molecule is CCN(CC)c1cncc(-c2sc(NC(=O)N3CCCC3C(N)=O)nc2C)n1. The Morgan fingerprint density at radius 2 is 2.07 bits per heavy atom. The zero-order valence-corrected chi connectivity index (χ0v) is 17.1. The molecule has 3 heterocycles. The van der Waals surface area contributed by atoms with Crippen molar-refractivity contribution < 1.29 is 9.59 Å². The van der Waals surface area contributed by atoms with Crippen molar-refractivity contribution in [2.24, 2.45) is 5.73 Å². The molecular formula is C18H25N7O2S. The van der Waals surface area contributed by atoms with E-state index in [4.69, 9.17) is 10.7 Å². The molecule has 0 spiro atoms. The van der Waals surface area contributed by atoms with Crippen LogP contribution in [0.5, 0.6) is 0 Å². The van der Waals surface area contributed by atoms with E-state index in [1.807, 2.05) is 6.92 Å². The van der Waals surface area contributed by atoms with Gasteiger partial charge in [0.25, 0.3) is 0 Å². The van der Waals surface area contributed by atoms with Crippen LogP contribution >= 0.6 is 11.3 Å². The predicted octanol–water partition coefficient (Wildman–Crippen LogP) is 2.24. The summed E-state index contributed by atoms with van der Waals surface area (Å²) < 4.78 is 0. The maximum atomic E-state index is 12.5. The molecule has 1 fully saturated rings. The summed E-state index contributed by atoms with van der Waals surface area (Å²) in [5.74, 6) is 0.328. The van der Waals surface area contributed by atoms with E-state index in [0.717, 1.165) is 41.6 Å². The number of nitrogens with one attached hydrogen (secondary N) is 1. The molecule has 10 heteroatoms. The van der Waals surface area contributed by atoms with Crippen molar-refractivity contribution in [3.63, 3.8) is 0 Å². The number of thiazole rings is 1. The molecule has 150 valence electrons. The van der Waals surface area contributed by atoms with E-state index >= 15 is 0 Å². The second-order valence-electron chi connectivity index (χ2n) is 6.55. The molecule has 0 bridgehead atoms. The van der Waals surface area contributed by atoms with Gasteiger partial charge in [-0.15, -0.1) is 0 Å². The van der Waals surface area contributed by atoms with Crippen molar-refractivity contribution >= 4 is 34.2 Å². The highest BCUT2D eigenvalue weighted by molar-refractivity contribution is 7.19. The number of aryl methyl sites for hydroxylation is 1. The Balaban J connectivity index is 1.79. The minimum atomic E-state index is -0.558. The number of urea groups is 1. The molecule has 0 saturated carbocycles. The van der Waals surface area contributed by atoms with E-state index < -0.39 is 11.9 Å². The first-order valence-electron chi connectivity index (χ1n) is 9.36. The molecule has 0 radical (unpaired) electrons. The van der Waals surface area contributed by atoms with Crippen LogP contribution in [0.25, 0.3) is 10.6 Å². The number of likely N-dealkylation sites (tertiary alicyclic amines) is 1. The molecule has 3 amide bonds. The van der Waals surface area contributed by atoms with Crippen LogP contribution in [0.4, 0.5) is 15.7 Å². The smallest absolute Gasteiger partial charge is 0.324 e. The maximum absolute atomic E-state index is 12.5. The molecule has 0 aliphatic carbocycles. The second kappa shape index (κ2) is 8.51. The molecule has 9 nitrogen and oxygen atoms in total. The first-order chi connectivity index (χ1) is 13.4. The van der Waals surface area contributed by atoms with E-state index in [2.05, 4.69) is 34.0 Å². The molecule has 28 heavy (non-hydrogen) atoms. The van der Waals surface area contributed by atoms with E-state index in [1.165, 1.54) is 16.2 Å². The number of anilines is 2. The van der Waals surface area contributed by atoms with Gasteiger partial charge in [-0.05, 0) is 33.6 Å². The third kappa shape index (κ3) is 4.06. The molecule has 1 atom stereocenters. The van der Waals surface area contributed by atoms with Crippen molar-refractivity contribution in [3.05, 3.63) is 18.1 Å². The molecule has 2 aromatic heterocycles. The van der Waals surface area contributed by atoms with Crippen LogP contribution in [-0.4, -0.2) is 57.5 Å². The van der Waals surface area contributed by atoms with Crippen LogP contribution in [0.3, 0.4) is 0 Å². The Hall–Kier alpha value is -2.75. The highest BCUT2D eigenvalue weighted by Crippen LogP contribution is 2.32. The second-order valence-corrected chi connectivity index (χ2v) is 7.55. The fraction of sp³-hybridized carbons (Fsp3) is 0.500. The summed E-state index contributed by atoms with van der Waals surface area (Å²) in [6.07, 6.45) is 4.80. The van der Waals surface area contributed by atoms with Gasteiger partial charge in [-0.25, -0.2) is 14.8 Å². The lowest BCUT2D eigenvalue weighted by Gasteiger charge is -2.21. The summed E-state index contributed by atoms with van der Waals surface area (Å²) in [6.45, 7) is 8.20. The fourth-order valence-electron chi connectivity index (χ4n) is 3.32. The average Bonchev–Trinajstić information content (AvgIpc) is 3.30. The molecule has 1 aliphatic heterocycles. The fourth-order valence-corrected chi connectivity index (χ4v) is 4.23. The summed E-state index contributed by atoms with van der Waals surface area (Å²) in [5, 5.41) is 3.25. The van der Waals surface area contributed by atoms with Crippen LogP contribution in [0.15, 0.2) is 12.4 Å². The quantitative estimate of drug-likeness (QED) is 0.764. The van der Waals surface area contributed by atoms with Gasteiger partial charge in [0.2, 0.25) is 5.91 Å². The number of nitrogens with zero attached hydrogens (tertiary/aromatic N) is 5. The Kier molecular flexibility index (Phi) is 6.08. The van der Waals surface area contributed by atoms with Gasteiger partial charge in [0.15, 0.2) is 5.13 Å². The average molecular weight is 404 g/mol. The summed E-state index contributed by atoms with van der Waals surface area (Å²) in [4.78, 5) is 42.0. The summed E-state index contributed by atoms with van der Waals surface area (Å²) in [6, 6.07) is -0.915. The summed E-state index contributed by atoms with van der Waals surface area (Å²) in [5.41, 5.74) is 6.87. The molecule has 2 aromatic rings. The van der Waals surface area contributed by atoms with Crippen molar-refractivity contribution in [1.29, 1.82) is 0 Å². The Bertz CT molecular complexity index is 865. The zero-order valence-electron chi connectivity index (χ0n) is 16.3. The Morgan fingerprint density at radius 1 is 1.32 bits per heavy atom.